The van der Waals surface area contributed by atoms with E-state index in [-0.39, 0.29) is 12.7 Å². The van der Waals surface area contributed by atoms with E-state index in [9.17, 15) is 4.79 Å². The first-order valence-corrected chi connectivity index (χ1v) is 8.09. The van der Waals surface area contributed by atoms with E-state index < -0.39 is 0 Å². The molecule has 0 saturated carbocycles. The molecule has 0 saturated heterocycles. The molecule has 0 atom stereocenters. The Kier molecular flexibility index (Phi) is 5.51. The molecule has 1 heterocycles. The first kappa shape index (κ1) is 16.8. The summed E-state index contributed by atoms with van der Waals surface area (Å²) in [7, 11) is 1.64. The number of nitrogens with one attached hydrogen (secondary N) is 1. The summed E-state index contributed by atoms with van der Waals surface area (Å²) in [5, 5.41) is 3.98. The van der Waals surface area contributed by atoms with Crippen molar-refractivity contribution in [3.05, 3.63) is 53.6 Å². The van der Waals surface area contributed by atoms with E-state index in [1.807, 2.05) is 42.5 Å². The fraction of sp³-hybridized carbons (Fsp3) is 0.263. The lowest BCUT2D eigenvalue weighted by molar-refractivity contribution is -0.121. The molecule has 0 aliphatic carbocycles. The van der Waals surface area contributed by atoms with Crippen molar-refractivity contribution in [2.75, 3.05) is 13.9 Å². The summed E-state index contributed by atoms with van der Waals surface area (Å²) in [4.78, 5) is 11.8. The number of amides is 1. The van der Waals surface area contributed by atoms with Crippen LogP contribution < -0.4 is 19.6 Å². The van der Waals surface area contributed by atoms with Gasteiger partial charge in [-0.2, -0.15) is 5.10 Å². The second kappa shape index (κ2) is 8.19. The van der Waals surface area contributed by atoms with Gasteiger partial charge in [-0.15, -0.1) is 0 Å². The molecule has 0 aromatic heterocycles. The van der Waals surface area contributed by atoms with Crippen LogP contribution >= 0.6 is 0 Å². The van der Waals surface area contributed by atoms with E-state index in [1.165, 1.54) is 5.56 Å². The van der Waals surface area contributed by atoms with E-state index in [2.05, 4.69) is 10.5 Å². The Morgan fingerprint density at radius 3 is 2.80 bits per heavy atom. The highest BCUT2D eigenvalue weighted by Gasteiger charge is 2.12. The van der Waals surface area contributed by atoms with E-state index >= 15 is 0 Å². The van der Waals surface area contributed by atoms with Gasteiger partial charge in [0.15, 0.2) is 11.5 Å². The molecule has 3 rings (SSSR count). The second-order valence-electron chi connectivity index (χ2n) is 5.61. The summed E-state index contributed by atoms with van der Waals surface area (Å²) >= 11 is 0. The fourth-order valence-electron chi connectivity index (χ4n) is 2.47. The maximum absolute atomic E-state index is 11.8. The molecule has 0 fully saturated rings. The molecule has 1 aliphatic heterocycles. The van der Waals surface area contributed by atoms with Crippen molar-refractivity contribution >= 4 is 12.1 Å². The molecule has 6 heteroatoms. The van der Waals surface area contributed by atoms with Crippen LogP contribution in [0.15, 0.2) is 47.6 Å². The van der Waals surface area contributed by atoms with Crippen LogP contribution in [0.5, 0.6) is 17.2 Å². The second-order valence-corrected chi connectivity index (χ2v) is 5.61. The van der Waals surface area contributed by atoms with Gasteiger partial charge in [-0.3, -0.25) is 4.79 Å². The van der Waals surface area contributed by atoms with Crippen molar-refractivity contribution < 1.29 is 19.0 Å². The first-order chi connectivity index (χ1) is 12.2. The standard InChI is InChI=1S/C19H20N2O4/c1-23-16-8-5-14(6-9-16)3-2-4-19(22)21-20-12-15-7-10-17-18(11-15)25-13-24-17/h5-12H,2-4,13H2,1H3,(H,21,22)/b20-12+. The van der Waals surface area contributed by atoms with Crippen molar-refractivity contribution in [3.8, 4) is 17.2 Å². The number of carbonyl (C=O) groups excluding carboxylic acids is 1. The van der Waals surface area contributed by atoms with Crippen molar-refractivity contribution in [3.63, 3.8) is 0 Å². The predicted octanol–water partition coefficient (Wildman–Crippen LogP) is 2.90. The Labute approximate surface area is 146 Å². The Morgan fingerprint density at radius 1 is 1.20 bits per heavy atom. The molecule has 0 unspecified atom stereocenters. The number of aryl methyl sites for hydroxylation is 1. The van der Waals surface area contributed by atoms with Gasteiger partial charge in [-0.05, 0) is 54.3 Å². The third kappa shape index (κ3) is 4.73. The summed E-state index contributed by atoms with van der Waals surface area (Å²) < 4.78 is 15.7. The Morgan fingerprint density at radius 2 is 2.00 bits per heavy atom. The average Bonchev–Trinajstić information content (AvgIpc) is 3.10. The van der Waals surface area contributed by atoms with Gasteiger partial charge in [-0.25, -0.2) is 5.43 Å². The molecule has 1 aliphatic rings. The van der Waals surface area contributed by atoms with Crippen LogP contribution in [-0.2, 0) is 11.2 Å². The number of methoxy groups -OCH3 is 1. The molecule has 1 N–H and O–H groups in total. The number of hydrogen-bond donors (Lipinski definition) is 1. The van der Waals surface area contributed by atoms with Crippen molar-refractivity contribution in [1.29, 1.82) is 0 Å². The minimum Gasteiger partial charge on any atom is -0.497 e. The van der Waals surface area contributed by atoms with Crippen LogP contribution in [0.1, 0.15) is 24.0 Å². The zero-order valence-electron chi connectivity index (χ0n) is 14.0. The number of hydrazone groups is 1. The minimum absolute atomic E-state index is 0.106. The third-order valence-corrected chi connectivity index (χ3v) is 3.83. The summed E-state index contributed by atoms with van der Waals surface area (Å²) in [5.41, 5.74) is 4.56. The van der Waals surface area contributed by atoms with E-state index in [4.69, 9.17) is 14.2 Å². The molecular formula is C19H20N2O4. The maximum atomic E-state index is 11.8. The molecular weight excluding hydrogens is 320 g/mol. The zero-order valence-corrected chi connectivity index (χ0v) is 14.0. The summed E-state index contributed by atoms with van der Waals surface area (Å²) in [6.07, 6.45) is 3.61. The van der Waals surface area contributed by atoms with E-state index in [0.29, 0.717) is 12.2 Å². The number of nitrogens with zero attached hydrogens (tertiary/aromatic N) is 1. The number of rotatable bonds is 7. The maximum Gasteiger partial charge on any atom is 0.240 e. The van der Waals surface area contributed by atoms with Gasteiger partial charge in [0.1, 0.15) is 5.75 Å². The van der Waals surface area contributed by atoms with Crippen molar-refractivity contribution in [2.45, 2.75) is 19.3 Å². The fourth-order valence-corrected chi connectivity index (χ4v) is 2.47. The monoisotopic (exact) mass is 340 g/mol. The molecule has 0 spiro atoms. The number of carbonyl (C=O) groups is 1. The highest BCUT2D eigenvalue weighted by molar-refractivity contribution is 5.83. The Bertz CT molecular complexity index is 757. The predicted molar refractivity (Wildman–Crippen MR) is 94.2 cm³/mol. The minimum atomic E-state index is -0.106. The topological polar surface area (TPSA) is 69.2 Å². The van der Waals surface area contributed by atoms with Gasteiger partial charge in [0.05, 0.1) is 13.3 Å². The Hall–Kier alpha value is -3.02. The number of fused-ring (bicyclic) bond motifs is 1. The van der Waals surface area contributed by atoms with Crippen LogP contribution in [0, 0.1) is 0 Å². The lowest BCUT2D eigenvalue weighted by atomic mass is 10.1. The zero-order chi connectivity index (χ0) is 17.5. The average molecular weight is 340 g/mol. The highest BCUT2D eigenvalue weighted by atomic mass is 16.7. The van der Waals surface area contributed by atoms with Gasteiger partial charge in [0.25, 0.3) is 0 Å². The SMILES string of the molecule is COc1ccc(CCCC(=O)N/N=C/c2ccc3c(c2)OCO3)cc1. The van der Waals surface area contributed by atoms with Gasteiger partial charge in [0, 0.05) is 6.42 Å². The van der Waals surface area contributed by atoms with Gasteiger partial charge < -0.3 is 14.2 Å². The summed E-state index contributed by atoms with van der Waals surface area (Å²) in [6.45, 7) is 0.237. The van der Waals surface area contributed by atoms with Gasteiger partial charge in [0.2, 0.25) is 12.7 Å². The van der Waals surface area contributed by atoms with Crippen LogP contribution in [0.3, 0.4) is 0 Å². The number of ether oxygens (including phenoxy) is 3. The van der Waals surface area contributed by atoms with Crippen molar-refractivity contribution in [2.24, 2.45) is 5.10 Å². The van der Waals surface area contributed by atoms with Crippen LogP contribution in [-0.4, -0.2) is 26.0 Å². The molecule has 130 valence electrons. The van der Waals surface area contributed by atoms with Crippen LogP contribution in [0.4, 0.5) is 0 Å². The number of hydrogen-bond acceptors (Lipinski definition) is 5. The molecule has 0 radical (unpaired) electrons. The van der Waals surface area contributed by atoms with E-state index in [0.717, 1.165) is 29.9 Å². The van der Waals surface area contributed by atoms with Gasteiger partial charge in [-0.1, -0.05) is 12.1 Å². The lowest BCUT2D eigenvalue weighted by Crippen LogP contribution is -2.17. The summed E-state index contributed by atoms with van der Waals surface area (Å²) in [5.74, 6) is 2.14. The van der Waals surface area contributed by atoms with Gasteiger partial charge >= 0.3 is 0 Å². The van der Waals surface area contributed by atoms with Crippen molar-refractivity contribution in [1.82, 2.24) is 5.43 Å². The number of benzene rings is 2. The molecule has 2 aromatic carbocycles. The van der Waals surface area contributed by atoms with E-state index in [1.54, 1.807) is 13.3 Å². The first-order valence-electron chi connectivity index (χ1n) is 8.09. The molecule has 0 bridgehead atoms. The smallest absolute Gasteiger partial charge is 0.240 e. The Balaban J connectivity index is 1.40. The highest BCUT2D eigenvalue weighted by Crippen LogP contribution is 2.31. The molecule has 1 amide bonds. The third-order valence-electron chi connectivity index (χ3n) is 3.83. The molecule has 6 nitrogen and oxygen atoms in total. The van der Waals surface area contributed by atoms with Crippen LogP contribution in [0.25, 0.3) is 0 Å². The lowest BCUT2D eigenvalue weighted by Gasteiger charge is -2.03. The summed E-state index contributed by atoms with van der Waals surface area (Å²) in [6, 6.07) is 13.4. The normalized spacial score (nSPS) is 12.4. The molecule has 25 heavy (non-hydrogen) atoms. The quantitative estimate of drug-likeness (QED) is 0.621. The largest absolute Gasteiger partial charge is 0.497 e. The molecule has 2 aromatic rings. The van der Waals surface area contributed by atoms with Crippen LogP contribution in [0.2, 0.25) is 0 Å².